The van der Waals surface area contributed by atoms with Gasteiger partial charge >= 0.3 is 0 Å². The highest BCUT2D eigenvalue weighted by molar-refractivity contribution is 5.80. The second kappa shape index (κ2) is 9.91. The first kappa shape index (κ1) is 19.2. The summed E-state index contributed by atoms with van der Waals surface area (Å²) in [4.78, 5) is 4.79. The van der Waals surface area contributed by atoms with Gasteiger partial charge in [-0.1, -0.05) is 29.5 Å². The van der Waals surface area contributed by atoms with Crippen molar-refractivity contribution in [1.29, 1.82) is 0 Å². The van der Waals surface area contributed by atoms with E-state index in [1.807, 2.05) is 23.0 Å². The lowest BCUT2D eigenvalue weighted by Gasteiger charge is -2.27. The van der Waals surface area contributed by atoms with Crippen LogP contribution in [-0.4, -0.2) is 40.1 Å². The maximum atomic E-state index is 5.43. The van der Waals surface area contributed by atoms with E-state index in [2.05, 4.69) is 45.2 Å². The summed E-state index contributed by atoms with van der Waals surface area (Å²) in [6.45, 7) is 2.34. The highest BCUT2D eigenvalue weighted by Gasteiger charge is 2.19. The van der Waals surface area contributed by atoms with E-state index >= 15 is 0 Å². The lowest BCUT2D eigenvalue weighted by atomic mass is 9.88. The van der Waals surface area contributed by atoms with Crippen molar-refractivity contribution in [2.24, 2.45) is 4.99 Å². The molecule has 1 aliphatic carbocycles. The summed E-state index contributed by atoms with van der Waals surface area (Å²) in [5.74, 6) is 1.86. The van der Waals surface area contributed by atoms with E-state index in [1.54, 1.807) is 12.5 Å². The lowest BCUT2D eigenvalue weighted by molar-refractivity contribution is 0.500. The molecule has 0 saturated heterocycles. The zero-order valence-electron chi connectivity index (χ0n) is 16.6. The summed E-state index contributed by atoms with van der Waals surface area (Å²) < 4.78 is 7.27. The van der Waals surface area contributed by atoms with E-state index in [0.29, 0.717) is 6.04 Å². The van der Waals surface area contributed by atoms with E-state index in [1.165, 1.54) is 11.1 Å². The smallest absolute Gasteiger partial charge is 0.191 e. The Labute approximate surface area is 171 Å². The predicted molar refractivity (Wildman–Crippen MR) is 113 cm³/mol. The first-order chi connectivity index (χ1) is 14.4. The van der Waals surface area contributed by atoms with Crippen molar-refractivity contribution in [3.05, 3.63) is 71.9 Å². The molecular formula is C22H28N6O. The quantitative estimate of drug-likeness (QED) is 0.350. The summed E-state index contributed by atoms with van der Waals surface area (Å²) in [5, 5.41) is 15.0. The standard InChI is InChI=1S/C22H28N6O/c1-2-6-19-17-20(9-8-18(19)5-1)26-22(24-12-10-21-7-3-16-29-21)23-11-4-14-28-15-13-25-27-28/h1-3,5-7,13,15-16,20H,4,8-12,14,17H2,(H2,23,24,26). The number of aryl methyl sites for hydroxylation is 2. The molecule has 2 aromatic heterocycles. The van der Waals surface area contributed by atoms with E-state index < -0.39 is 0 Å². The molecule has 3 aromatic rings. The molecule has 0 bridgehead atoms. The highest BCUT2D eigenvalue weighted by Crippen LogP contribution is 2.20. The van der Waals surface area contributed by atoms with Crippen LogP contribution in [0.15, 0.2) is 64.5 Å². The van der Waals surface area contributed by atoms with Crippen LogP contribution in [0.5, 0.6) is 0 Å². The van der Waals surface area contributed by atoms with Crippen molar-refractivity contribution in [1.82, 2.24) is 25.6 Å². The monoisotopic (exact) mass is 392 g/mol. The molecule has 7 heteroatoms. The zero-order chi connectivity index (χ0) is 19.7. The SMILES string of the molecule is c1coc(CCNC(=NCCCn2ccnn2)NC2CCc3ccccc3C2)c1. The fraction of sp³-hybridized carbons (Fsp3) is 0.409. The Kier molecular flexibility index (Phi) is 6.57. The highest BCUT2D eigenvalue weighted by atomic mass is 16.3. The Morgan fingerprint density at radius 3 is 2.97 bits per heavy atom. The van der Waals surface area contributed by atoms with Crippen LogP contribution in [0.25, 0.3) is 0 Å². The average molecular weight is 393 g/mol. The number of aromatic nitrogens is 3. The number of hydrogen-bond acceptors (Lipinski definition) is 4. The van der Waals surface area contributed by atoms with E-state index in [-0.39, 0.29) is 0 Å². The van der Waals surface area contributed by atoms with Gasteiger partial charge in [-0.15, -0.1) is 5.10 Å². The topological polar surface area (TPSA) is 80.3 Å². The third-order valence-corrected chi connectivity index (χ3v) is 5.22. The fourth-order valence-electron chi connectivity index (χ4n) is 3.70. The average Bonchev–Trinajstić information content (AvgIpc) is 3.45. The van der Waals surface area contributed by atoms with Crippen LogP contribution < -0.4 is 10.6 Å². The van der Waals surface area contributed by atoms with Gasteiger partial charge in [0, 0.05) is 38.3 Å². The van der Waals surface area contributed by atoms with Crippen LogP contribution >= 0.6 is 0 Å². The van der Waals surface area contributed by atoms with Gasteiger partial charge in [-0.25, -0.2) is 0 Å². The summed E-state index contributed by atoms with van der Waals surface area (Å²) in [6, 6.07) is 13.1. The molecule has 0 saturated carbocycles. The Bertz CT molecular complexity index is 888. The van der Waals surface area contributed by atoms with Crippen molar-refractivity contribution in [2.45, 2.75) is 44.7 Å². The van der Waals surface area contributed by atoms with E-state index in [0.717, 1.165) is 63.5 Å². The maximum absolute atomic E-state index is 5.43. The normalized spacial score (nSPS) is 16.4. The van der Waals surface area contributed by atoms with E-state index in [9.17, 15) is 0 Å². The van der Waals surface area contributed by atoms with Crippen LogP contribution in [0, 0.1) is 0 Å². The minimum atomic E-state index is 0.398. The number of fused-ring (bicyclic) bond motifs is 1. The van der Waals surface area contributed by atoms with Crippen molar-refractivity contribution >= 4 is 5.96 Å². The third-order valence-electron chi connectivity index (χ3n) is 5.22. The van der Waals surface area contributed by atoms with Crippen molar-refractivity contribution in [2.75, 3.05) is 13.1 Å². The number of furan rings is 1. The Morgan fingerprint density at radius 2 is 2.14 bits per heavy atom. The van der Waals surface area contributed by atoms with Gasteiger partial charge < -0.3 is 15.1 Å². The fourth-order valence-corrected chi connectivity index (χ4v) is 3.70. The lowest BCUT2D eigenvalue weighted by Crippen LogP contribution is -2.46. The number of nitrogens with one attached hydrogen (secondary N) is 2. The number of rotatable bonds is 8. The third kappa shape index (κ3) is 5.70. The van der Waals surface area contributed by atoms with Gasteiger partial charge in [-0.05, 0) is 48.9 Å². The Hall–Kier alpha value is -3.09. The Balaban J connectivity index is 1.32. The first-order valence-electron chi connectivity index (χ1n) is 10.3. The molecule has 0 fully saturated rings. The van der Waals surface area contributed by atoms with Gasteiger partial charge in [0.2, 0.25) is 0 Å². The molecular weight excluding hydrogens is 364 g/mol. The number of benzene rings is 1. The summed E-state index contributed by atoms with van der Waals surface area (Å²) in [6.07, 6.45) is 10.3. The molecule has 2 N–H and O–H groups in total. The molecule has 1 atom stereocenters. The van der Waals surface area contributed by atoms with Crippen molar-refractivity contribution < 1.29 is 4.42 Å². The molecule has 1 aliphatic rings. The number of hydrogen-bond donors (Lipinski definition) is 2. The molecule has 4 rings (SSSR count). The van der Waals surface area contributed by atoms with Gasteiger partial charge in [-0.3, -0.25) is 9.67 Å². The molecule has 2 heterocycles. The predicted octanol–water partition coefficient (Wildman–Crippen LogP) is 2.60. The van der Waals surface area contributed by atoms with Gasteiger partial charge in [0.15, 0.2) is 5.96 Å². The van der Waals surface area contributed by atoms with E-state index in [4.69, 9.17) is 9.41 Å². The van der Waals surface area contributed by atoms with Gasteiger partial charge in [0.1, 0.15) is 5.76 Å². The Morgan fingerprint density at radius 1 is 1.21 bits per heavy atom. The maximum Gasteiger partial charge on any atom is 0.191 e. The van der Waals surface area contributed by atoms with Gasteiger partial charge in [0.05, 0.1) is 12.5 Å². The largest absolute Gasteiger partial charge is 0.469 e. The van der Waals surface area contributed by atoms with Crippen LogP contribution in [0.3, 0.4) is 0 Å². The summed E-state index contributed by atoms with van der Waals surface area (Å²) >= 11 is 0. The second-order valence-corrected chi connectivity index (χ2v) is 7.36. The van der Waals surface area contributed by atoms with Crippen molar-refractivity contribution in [3.8, 4) is 0 Å². The second-order valence-electron chi connectivity index (χ2n) is 7.36. The molecule has 0 aliphatic heterocycles. The van der Waals surface area contributed by atoms with Crippen molar-refractivity contribution in [3.63, 3.8) is 0 Å². The summed E-state index contributed by atoms with van der Waals surface area (Å²) in [5.41, 5.74) is 2.92. The number of aliphatic imine (C=N–C) groups is 1. The molecule has 0 amide bonds. The summed E-state index contributed by atoms with van der Waals surface area (Å²) in [7, 11) is 0. The molecule has 7 nitrogen and oxygen atoms in total. The van der Waals surface area contributed by atoms with Crippen LogP contribution in [0.4, 0.5) is 0 Å². The van der Waals surface area contributed by atoms with Crippen LogP contribution in [-0.2, 0) is 25.8 Å². The molecule has 1 aromatic carbocycles. The molecule has 1 unspecified atom stereocenters. The molecule has 29 heavy (non-hydrogen) atoms. The van der Waals surface area contributed by atoms with Crippen LogP contribution in [0.2, 0.25) is 0 Å². The molecule has 152 valence electrons. The number of nitrogens with zero attached hydrogens (tertiary/aromatic N) is 4. The minimum absolute atomic E-state index is 0.398. The molecule has 0 radical (unpaired) electrons. The van der Waals surface area contributed by atoms with Crippen LogP contribution in [0.1, 0.15) is 29.7 Å². The van der Waals surface area contributed by atoms with Gasteiger partial charge in [-0.2, -0.15) is 0 Å². The first-order valence-corrected chi connectivity index (χ1v) is 10.3. The zero-order valence-corrected chi connectivity index (χ0v) is 16.6. The molecule has 0 spiro atoms. The minimum Gasteiger partial charge on any atom is -0.469 e. The number of guanidine groups is 1. The van der Waals surface area contributed by atoms with Gasteiger partial charge in [0.25, 0.3) is 0 Å².